The van der Waals surface area contributed by atoms with Gasteiger partial charge in [0.1, 0.15) is 11.2 Å². The lowest BCUT2D eigenvalue weighted by atomic mass is 9.98. The molecule has 11 nitrogen and oxygen atoms in total. The number of pyridine rings is 2. The van der Waals surface area contributed by atoms with Crippen molar-refractivity contribution in [1.29, 1.82) is 0 Å². The first-order valence-electron chi connectivity index (χ1n) is 10.9. The Morgan fingerprint density at radius 2 is 1.51 bits per heavy atom. The van der Waals surface area contributed by atoms with Crippen LogP contribution in [0.15, 0.2) is 66.7 Å². The first kappa shape index (κ1) is 20.5. The van der Waals surface area contributed by atoms with Gasteiger partial charge in [-0.25, -0.2) is 15.2 Å². The molecule has 0 atom stereocenters. The van der Waals surface area contributed by atoms with Gasteiger partial charge in [0, 0.05) is 17.8 Å². The van der Waals surface area contributed by atoms with E-state index in [2.05, 4.69) is 81.9 Å². The molecule has 0 saturated heterocycles. The monoisotopic (exact) mass is 461 g/mol. The Bertz CT molecular complexity index is 1590. The number of aromatic nitrogens is 10. The number of hydrogen-bond acceptors (Lipinski definition) is 9. The molecular weight excluding hydrogens is 442 g/mol. The van der Waals surface area contributed by atoms with Crippen LogP contribution in [-0.4, -0.2) is 51.2 Å². The number of fused-ring (bicyclic) bond motifs is 1. The van der Waals surface area contributed by atoms with E-state index in [9.17, 15) is 0 Å². The minimum Gasteiger partial charge on any atom is -0.379 e. The molecule has 0 amide bonds. The fourth-order valence-electron chi connectivity index (χ4n) is 3.99. The van der Waals surface area contributed by atoms with Crippen LogP contribution in [0.25, 0.3) is 45.1 Å². The summed E-state index contributed by atoms with van der Waals surface area (Å²) in [5.41, 5.74) is 8.24. The Labute approximate surface area is 199 Å². The van der Waals surface area contributed by atoms with Crippen molar-refractivity contribution in [3.05, 3.63) is 78.0 Å². The van der Waals surface area contributed by atoms with Gasteiger partial charge in [-0.1, -0.05) is 48.5 Å². The van der Waals surface area contributed by atoms with Gasteiger partial charge in [-0.05, 0) is 62.7 Å². The van der Waals surface area contributed by atoms with Crippen LogP contribution in [0, 0.1) is 6.92 Å². The molecule has 0 aliphatic heterocycles. The summed E-state index contributed by atoms with van der Waals surface area (Å²) in [6, 6.07) is 22.2. The van der Waals surface area contributed by atoms with Crippen LogP contribution < -0.4 is 5.32 Å². The van der Waals surface area contributed by atoms with Crippen LogP contribution >= 0.6 is 0 Å². The third kappa shape index (κ3) is 4.06. The first-order valence-corrected chi connectivity index (χ1v) is 10.9. The van der Waals surface area contributed by atoms with Gasteiger partial charge in [0.05, 0.1) is 11.2 Å². The minimum atomic E-state index is 0.510. The number of tetrazole rings is 2. The molecular formula is C24H19N11. The van der Waals surface area contributed by atoms with E-state index >= 15 is 0 Å². The average Bonchev–Trinajstić information content (AvgIpc) is 3.62. The zero-order valence-electron chi connectivity index (χ0n) is 18.6. The van der Waals surface area contributed by atoms with E-state index in [0.29, 0.717) is 23.9 Å². The number of nitrogens with one attached hydrogen (secondary N) is 3. The van der Waals surface area contributed by atoms with E-state index in [-0.39, 0.29) is 0 Å². The number of H-pyrrole nitrogens is 2. The van der Waals surface area contributed by atoms with Crippen LogP contribution in [0.5, 0.6) is 0 Å². The van der Waals surface area contributed by atoms with Gasteiger partial charge >= 0.3 is 0 Å². The van der Waals surface area contributed by atoms with Crippen molar-refractivity contribution in [2.24, 2.45) is 0 Å². The van der Waals surface area contributed by atoms with E-state index in [4.69, 9.17) is 4.98 Å². The summed E-state index contributed by atoms with van der Waals surface area (Å²) in [5, 5.41) is 31.8. The molecule has 2 aromatic carbocycles. The van der Waals surface area contributed by atoms with Crippen molar-refractivity contribution >= 4 is 16.7 Å². The molecule has 6 aromatic rings. The third-order valence-electron chi connectivity index (χ3n) is 5.64. The van der Waals surface area contributed by atoms with Crippen molar-refractivity contribution in [1.82, 2.24) is 51.2 Å². The Morgan fingerprint density at radius 3 is 2.26 bits per heavy atom. The third-order valence-corrected chi connectivity index (χ3v) is 5.64. The SMILES string of the molecule is Cc1cc(NCc2ccc(-c3ccccc3-c3nnn[nH]3)cc2)c2nc(-c3nnn[nH]3)ccc2n1. The number of rotatable bonds is 6. The summed E-state index contributed by atoms with van der Waals surface area (Å²) in [7, 11) is 0. The molecule has 3 N–H and O–H groups in total. The molecule has 11 heteroatoms. The minimum absolute atomic E-state index is 0.510. The number of nitrogens with zero attached hydrogens (tertiary/aromatic N) is 8. The second-order valence-electron chi connectivity index (χ2n) is 7.97. The van der Waals surface area contributed by atoms with Crippen molar-refractivity contribution in [2.75, 3.05) is 5.32 Å². The Kier molecular flexibility index (Phi) is 5.11. The highest BCUT2D eigenvalue weighted by Crippen LogP contribution is 2.30. The average molecular weight is 461 g/mol. The summed E-state index contributed by atoms with van der Waals surface area (Å²) in [6.45, 7) is 2.59. The Hall–Kier alpha value is -5.06. The van der Waals surface area contributed by atoms with E-state index in [1.165, 1.54) is 0 Å². The lowest BCUT2D eigenvalue weighted by molar-refractivity contribution is 0.881. The topological polar surface area (TPSA) is 147 Å². The quantitative estimate of drug-likeness (QED) is 0.338. The molecule has 6 rings (SSSR count). The maximum Gasteiger partial charge on any atom is 0.198 e. The molecule has 0 bridgehead atoms. The summed E-state index contributed by atoms with van der Waals surface area (Å²) in [6.07, 6.45) is 0. The van der Waals surface area contributed by atoms with Crippen LogP contribution in [0.4, 0.5) is 5.69 Å². The molecule has 4 aromatic heterocycles. The second-order valence-corrected chi connectivity index (χ2v) is 7.97. The molecule has 0 radical (unpaired) electrons. The molecule has 0 unspecified atom stereocenters. The van der Waals surface area contributed by atoms with Crippen molar-refractivity contribution in [3.8, 4) is 34.0 Å². The highest BCUT2D eigenvalue weighted by molar-refractivity contribution is 5.89. The zero-order chi connectivity index (χ0) is 23.6. The van der Waals surface area contributed by atoms with Gasteiger partial charge in [-0.3, -0.25) is 4.98 Å². The number of aromatic amines is 2. The predicted molar refractivity (Wildman–Crippen MR) is 130 cm³/mol. The largest absolute Gasteiger partial charge is 0.379 e. The molecule has 0 aliphatic rings. The van der Waals surface area contributed by atoms with Gasteiger partial charge in [0.2, 0.25) is 0 Å². The first-order chi connectivity index (χ1) is 17.2. The van der Waals surface area contributed by atoms with Crippen LogP contribution in [0.1, 0.15) is 11.3 Å². The molecule has 0 fully saturated rings. The van der Waals surface area contributed by atoms with Crippen LogP contribution in [-0.2, 0) is 6.54 Å². The summed E-state index contributed by atoms with van der Waals surface area (Å²) < 4.78 is 0. The van der Waals surface area contributed by atoms with E-state index in [1.54, 1.807) is 0 Å². The highest BCUT2D eigenvalue weighted by atomic mass is 15.5. The van der Waals surface area contributed by atoms with Gasteiger partial charge in [0.15, 0.2) is 11.6 Å². The van der Waals surface area contributed by atoms with E-state index in [1.807, 2.05) is 43.3 Å². The molecule has 170 valence electrons. The molecule has 35 heavy (non-hydrogen) atoms. The van der Waals surface area contributed by atoms with Crippen molar-refractivity contribution in [3.63, 3.8) is 0 Å². The van der Waals surface area contributed by atoms with E-state index in [0.717, 1.165) is 44.7 Å². The molecule has 4 heterocycles. The standard InChI is InChI=1S/C24H19N11/c1-14-12-21(22-19(26-14)10-11-20(27-22)24-30-34-35-31-24)25-13-15-6-8-16(9-7-15)17-4-2-3-5-18(17)23-28-32-33-29-23/h2-12H,13H2,1H3,(H,25,26)(H,28,29,32,33)(H,30,31,34,35). The second kappa shape index (κ2) is 8.71. The lowest BCUT2D eigenvalue weighted by Gasteiger charge is -2.12. The summed E-state index contributed by atoms with van der Waals surface area (Å²) in [4.78, 5) is 9.35. The maximum atomic E-state index is 4.74. The Balaban J connectivity index is 1.26. The molecule has 0 saturated carbocycles. The normalized spacial score (nSPS) is 11.1. The smallest absolute Gasteiger partial charge is 0.198 e. The maximum absolute atomic E-state index is 4.74. The number of hydrogen-bond donors (Lipinski definition) is 3. The van der Waals surface area contributed by atoms with Gasteiger partial charge in [-0.15, -0.1) is 10.2 Å². The lowest BCUT2D eigenvalue weighted by Crippen LogP contribution is -2.03. The summed E-state index contributed by atoms with van der Waals surface area (Å²) >= 11 is 0. The van der Waals surface area contributed by atoms with Gasteiger partial charge in [0.25, 0.3) is 0 Å². The van der Waals surface area contributed by atoms with Crippen molar-refractivity contribution < 1.29 is 0 Å². The fraction of sp³-hybridized carbons (Fsp3) is 0.0833. The Morgan fingerprint density at radius 1 is 0.771 bits per heavy atom. The zero-order valence-corrected chi connectivity index (χ0v) is 18.6. The number of aryl methyl sites for hydroxylation is 1. The number of benzene rings is 2. The van der Waals surface area contributed by atoms with Crippen LogP contribution in [0.2, 0.25) is 0 Å². The van der Waals surface area contributed by atoms with Crippen molar-refractivity contribution in [2.45, 2.75) is 13.5 Å². The van der Waals surface area contributed by atoms with Gasteiger partial charge < -0.3 is 5.32 Å². The molecule has 0 aliphatic carbocycles. The predicted octanol–water partition coefficient (Wildman–Crippen LogP) is 3.58. The summed E-state index contributed by atoms with van der Waals surface area (Å²) in [5.74, 6) is 1.15. The molecule has 0 spiro atoms. The van der Waals surface area contributed by atoms with Gasteiger partial charge in [-0.2, -0.15) is 0 Å². The highest BCUT2D eigenvalue weighted by Gasteiger charge is 2.12. The van der Waals surface area contributed by atoms with Crippen LogP contribution in [0.3, 0.4) is 0 Å². The number of anilines is 1. The fourth-order valence-corrected chi connectivity index (χ4v) is 3.99. The van der Waals surface area contributed by atoms with E-state index < -0.39 is 0 Å².